The van der Waals surface area contributed by atoms with Crippen LogP contribution in [0.5, 0.6) is 0 Å². The average Bonchev–Trinajstić information content (AvgIpc) is 2.32. The number of hydrogen-bond acceptors (Lipinski definition) is 3. The second-order valence-electron chi connectivity index (χ2n) is 6.35. The Balaban J connectivity index is 2.19. The molecule has 0 aromatic rings. The van der Waals surface area contributed by atoms with E-state index in [2.05, 4.69) is 13.0 Å². The van der Waals surface area contributed by atoms with Crippen LogP contribution in [-0.4, -0.2) is 22.6 Å². The number of aliphatic hydroxyl groups is 1. The van der Waals surface area contributed by atoms with E-state index >= 15 is 0 Å². The van der Waals surface area contributed by atoms with Gasteiger partial charge >= 0.3 is 0 Å². The normalized spacial score (nSPS) is 48.1. The topological polar surface area (TPSA) is 46.5 Å². The third-order valence-electron chi connectivity index (χ3n) is 5.13. The van der Waals surface area contributed by atoms with Gasteiger partial charge in [0, 0.05) is 12.0 Å². The fourth-order valence-corrected chi connectivity index (χ4v) is 3.82. The molecule has 0 spiro atoms. The van der Waals surface area contributed by atoms with E-state index < -0.39 is 17.1 Å². The van der Waals surface area contributed by atoms with Crippen LogP contribution < -0.4 is 0 Å². The largest absolute Gasteiger partial charge is 0.490 e. The van der Waals surface area contributed by atoms with Gasteiger partial charge in [0.1, 0.15) is 5.60 Å². The van der Waals surface area contributed by atoms with E-state index in [1.165, 1.54) is 12.3 Å². The number of carbonyl (C=O) groups excluding carboxylic acids is 1. The van der Waals surface area contributed by atoms with E-state index in [9.17, 15) is 9.90 Å². The predicted octanol–water partition coefficient (Wildman–Crippen LogP) is 2.38. The summed E-state index contributed by atoms with van der Waals surface area (Å²) in [5.41, 5.74) is -0.344. The molecule has 3 nitrogen and oxygen atoms in total. The second-order valence-corrected chi connectivity index (χ2v) is 6.35. The molecule has 0 amide bonds. The molecule has 0 bridgehead atoms. The van der Waals surface area contributed by atoms with Gasteiger partial charge in [0.15, 0.2) is 5.78 Å². The van der Waals surface area contributed by atoms with Gasteiger partial charge in [-0.2, -0.15) is 0 Å². The minimum atomic E-state index is -0.734. The SMILES string of the molecule is C[C@@H]1C=C2C=C[C@]3(C)OC=CC(=O)[C@]3(C)[C@H]2[C@@H](O)C1. The predicted molar refractivity (Wildman–Crippen MR) is 72.2 cm³/mol. The van der Waals surface area contributed by atoms with Gasteiger partial charge in [-0.25, -0.2) is 0 Å². The zero-order valence-corrected chi connectivity index (χ0v) is 11.6. The first-order chi connectivity index (χ1) is 8.88. The Morgan fingerprint density at radius 3 is 2.84 bits per heavy atom. The molecule has 102 valence electrons. The number of ketones is 1. The number of allylic oxidation sites excluding steroid dienone is 3. The third kappa shape index (κ3) is 1.51. The maximum absolute atomic E-state index is 12.5. The summed E-state index contributed by atoms with van der Waals surface area (Å²) in [5.74, 6) is 0.195. The van der Waals surface area contributed by atoms with Crippen LogP contribution in [-0.2, 0) is 9.53 Å². The summed E-state index contributed by atoms with van der Waals surface area (Å²) in [4.78, 5) is 12.5. The lowest BCUT2D eigenvalue weighted by Gasteiger charge is -2.54. The summed E-state index contributed by atoms with van der Waals surface area (Å²) >= 11 is 0. The Kier molecular flexibility index (Phi) is 2.55. The van der Waals surface area contributed by atoms with Gasteiger partial charge in [0.05, 0.1) is 17.8 Å². The lowest BCUT2D eigenvalue weighted by molar-refractivity contribution is -0.152. The molecule has 3 rings (SSSR count). The van der Waals surface area contributed by atoms with Crippen LogP contribution in [0.3, 0.4) is 0 Å². The van der Waals surface area contributed by atoms with E-state index in [1.54, 1.807) is 0 Å². The molecule has 5 atom stereocenters. The Bertz CT molecular complexity index is 516. The van der Waals surface area contributed by atoms with Crippen molar-refractivity contribution in [2.75, 3.05) is 0 Å². The van der Waals surface area contributed by atoms with Crippen LogP contribution in [0, 0.1) is 17.3 Å². The molecule has 1 heterocycles. The molecule has 0 unspecified atom stereocenters. The summed E-state index contributed by atoms with van der Waals surface area (Å²) in [7, 11) is 0. The minimum absolute atomic E-state index is 0.0371. The molecule has 0 saturated heterocycles. The van der Waals surface area contributed by atoms with E-state index in [0.717, 1.165) is 5.57 Å². The van der Waals surface area contributed by atoms with Crippen molar-refractivity contribution in [2.24, 2.45) is 17.3 Å². The van der Waals surface area contributed by atoms with E-state index in [-0.39, 0.29) is 11.7 Å². The fraction of sp³-hybridized carbons (Fsp3) is 0.562. The van der Waals surface area contributed by atoms with Crippen molar-refractivity contribution in [3.05, 3.63) is 36.1 Å². The van der Waals surface area contributed by atoms with Crippen LogP contribution in [0.1, 0.15) is 27.2 Å². The molecule has 3 heteroatoms. The molecule has 0 aromatic carbocycles. The number of fused-ring (bicyclic) bond motifs is 3. The van der Waals surface area contributed by atoms with Crippen LogP contribution >= 0.6 is 0 Å². The lowest BCUT2D eigenvalue weighted by atomic mass is 9.54. The summed E-state index contributed by atoms with van der Waals surface area (Å²) < 4.78 is 5.74. The van der Waals surface area contributed by atoms with Crippen molar-refractivity contribution in [1.82, 2.24) is 0 Å². The van der Waals surface area contributed by atoms with Gasteiger partial charge in [-0.05, 0) is 37.8 Å². The highest BCUT2D eigenvalue weighted by Crippen LogP contribution is 2.54. The first-order valence-electron chi connectivity index (χ1n) is 6.86. The molecule has 0 fully saturated rings. The highest BCUT2D eigenvalue weighted by molar-refractivity contribution is 5.97. The maximum Gasteiger partial charge on any atom is 0.169 e. The van der Waals surface area contributed by atoms with Gasteiger partial charge in [-0.3, -0.25) is 4.79 Å². The highest BCUT2D eigenvalue weighted by Gasteiger charge is 2.60. The molecule has 0 radical (unpaired) electrons. The molecule has 2 aliphatic carbocycles. The van der Waals surface area contributed by atoms with Crippen LogP contribution in [0.15, 0.2) is 36.1 Å². The van der Waals surface area contributed by atoms with Crippen molar-refractivity contribution in [1.29, 1.82) is 0 Å². The minimum Gasteiger partial charge on any atom is -0.490 e. The van der Waals surface area contributed by atoms with Gasteiger partial charge in [0.25, 0.3) is 0 Å². The fourth-order valence-electron chi connectivity index (χ4n) is 3.82. The molecule has 19 heavy (non-hydrogen) atoms. The van der Waals surface area contributed by atoms with Crippen LogP contribution in [0.25, 0.3) is 0 Å². The Labute approximate surface area is 113 Å². The molecule has 0 aromatic heterocycles. The first-order valence-corrected chi connectivity index (χ1v) is 6.86. The Morgan fingerprint density at radius 2 is 2.11 bits per heavy atom. The summed E-state index contributed by atoms with van der Waals surface area (Å²) in [6.45, 7) is 5.93. The average molecular weight is 260 g/mol. The highest BCUT2D eigenvalue weighted by atomic mass is 16.5. The van der Waals surface area contributed by atoms with Gasteiger partial charge in [-0.1, -0.05) is 19.1 Å². The van der Waals surface area contributed by atoms with Crippen molar-refractivity contribution in [3.8, 4) is 0 Å². The Morgan fingerprint density at radius 1 is 1.37 bits per heavy atom. The van der Waals surface area contributed by atoms with Gasteiger partial charge in [0.2, 0.25) is 0 Å². The quantitative estimate of drug-likeness (QED) is 0.727. The number of hydrogen-bond donors (Lipinski definition) is 1. The van der Waals surface area contributed by atoms with Crippen molar-refractivity contribution < 1.29 is 14.6 Å². The zero-order chi connectivity index (χ0) is 13.8. The van der Waals surface area contributed by atoms with Gasteiger partial charge < -0.3 is 9.84 Å². The molecule has 3 aliphatic rings. The third-order valence-corrected chi connectivity index (χ3v) is 5.13. The molecular weight excluding hydrogens is 240 g/mol. The molecule has 1 N–H and O–H groups in total. The number of aliphatic hydroxyl groups excluding tert-OH is 1. The first kappa shape index (κ1) is 12.7. The molecule has 0 saturated carbocycles. The van der Waals surface area contributed by atoms with E-state index in [0.29, 0.717) is 12.3 Å². The summed E-state index contributed by atoms with van der Waals surface area (Å²) in [6.07, 6.45) is 9.31. The van der Waals surface area contributed by atoms with E-state index in [4.69, 9.17) is 4.74 Å². The van der Waals surface area contributed by atoms with Gasteiger partial charge in [-0.15, -0.1) is 0 Å². The number of rotatable bonds is 0. The zero-order valence-electron chi connectivity index (χ0n) is 11.6. The number of ether oxygens (including phenoxy) is 1. The maximum atomic E-state index is 12.5. The lowest BCUT2D eigenvalue weighted by Crippen LogP contribution is -2.60. The summed E-state index contributed by atoms with van der Waals surface area (Å²) in [5, 5.41) is 10.5. The van der Waals surface area contributed by atoms with Crippen molar-refractivity contribution in [2.45, 2.75) is 38.9 Å². The second kappa shape index (κ2) is 3.83. The van der Waals surface area contributed by atoms with Crippen LogP contribution in [0.2, 0.25) is 0 Å². The molecule has 1 aliphatic heterocycles. The van der Waals surface area contributed by atoms with Crippen molar-refractivity contribution >= 4 is 5.78 Å². The summed E-state index contributed by atoms with van der Waals surface area (Å²) in [6, 6.07) is 0. The number of carbonyl (C=O) groups is 1. The molecular formula is C16H20O3. The smallest absolute Gasteiger partial charge is 0.169 e. The Hall–Kier alpha value is -1.35. The standard InChI is InChI=1S/C16H20O3/c1-10-8-11-4-6-15(2)16(3,13(18)5-7-19-15)14(11)12(17)9-10/h4-8,10,12,14,17H,9H2,1-3H3/t10-,12+,14-,15+,16-/m1/s1. The monoisotopic (exact) mass is 260 g/mol. The van der Waals surface area contributed by atoms with Crippen molar-refractivity contribution in [3.63, 3.8) is 0 Å². The van der Waals surface area contributed by atoms with E-state index in [1.807, 2.05) is 26.0 Å². The van der Waals surface area contributed by atoms with Crippen LogP contribution in [0.4, 0.5) is 0 Å².